The smallest absolute Gasteiger partial charge is 0.233 e. The summed E-state index contributed by atoms with van der Waals surface area (Å²) >= 11 is 3.46. The molecule has 1 aliphatic rings. The van der Waals surface area contributed by atoms with E-state index in [1.54, 1.807) is 11.1 Å². The molecule has 0 aliphatic carbocycles. The average molecular weight is 303 g/mol. The Morgan fingerprint density at radius 1 is 1.17 bits per heavy atom. The largest absolute Gasteiger partial charge is 0.274 e. The van der Waals surface area contributed by atoms with Gasteiger partial charge in [0, 0.05) is 17.1 Å². The second-order valence-corrected chi connectivity index (χ2v) is 5.11. The van der Waals surface area contributed by atoms with Gasteiger partial charge in [0.05, 0.1) is 5.69 Å². The van der Waals surface area contributed by atoms with Crippen molar-refractivity contribution in [3.05, 3.63) is 52.6 Å². The fraction of sp³-hybridized carbons (Fsp3) is 0.143. The Hall–Kier alpha value is -1.68. The molecule has 1 amide bonds. The van der Waals surface area contributed by atoms with Crippen LogP contribution in [0.4, 0.5) is 11.5 Å². The van der Waals surface area contributed by atoms with Gasteiger partial charge >= 0.3 is 0 Å². The van der Waals surface area contributed by atoms with Crippen molar-refractivity contribution in [1.82, 2.24) is 4.98 Å². The molecule has 1 aromatic carbocycles. The number of hydrogen-bond donors (Lipinski definition) is 0. The summed E-state index contributed by atoms with van der Waals surface area (Å²) in [5, 5.41) is 0. The van der Waals surface area contributed by atoms with Crippen LogP contribution in [0, 0.1) is 0 Å². The molecule has 18 heavy (non-hydrogen) atoms. The zero-order chi connectivity index (χ0) is 12.5. The number of carbonyl (C=O) groups excluding carboxylic acids is 1. The highest BCUT2D eigenvalue weighted by Gasteiger charge is 2.26. The lowest BCUT2D eigenvalue weighted by Gasteiger charge is -2.28. The van der Waals surface area contributed by atoms with Crippen LogP contribution in [0.25, 0.3) is 0 Å². The van der Waals surface area contributed by atoms with Gasteiger partial charge in [-0.15, -0.1) is 0 Å². The van der Waals surface area contributed by atoms with Crippen molar-refractivity contribution in [2.24, 2.45) is 0 Å². The van der Waals surface area contributed by atoms with E-state index >= 15 is 0 Å². The van der Waals surface area contributed by atoms with Crippen molar-refractivity contribution in [3.63, 3.8) is 0 Å². The summed E-state index contributed by atoms with van der Waals surface area (Å²) in [4.78, 5) is 18.1. The molecule has 0 atom stereocenters. The number of pyridine rings is 1. The molecule has 0 saturated carbocycles. The third-order valence-electron chi connectivity index (χ3n) is 3.02. The highest BCUT2D eigenvalue weighted by atomic mass is 79.9. The fourth-order valence-corrected chi connectivity index (χ4v) is 2.61. The van der Waals surface area contributed by atoms with Gasteiger partial charge < -0.3 is 0 Å². The minimum Gasteiger partial charge on any atom is -0.274 e. The van der Waals surface area contributed by atoms with Crippen molar-refractivity contribution >= 4 is 33.3 Å². The summed E-state index contributed by atoms with van der Waals surface area (Å²) in [5.41, 5.74) is 2.11. The molecular formula is C14H11BrN2O. The minimum atomic E-state index is 0.100. The van der Waals surface area contributed by atoms with Crippen LogP contribution in [-0.4, -0.2) is 10.9 Å². The zero-order valence-corrected chi connectivity index (χ0v) is 11.2. The van der Waals surface area contributed by atoms with Crippen molar-refractivity contribution in [2.45, 2.75) is 12.8 Å². The Balaban J connectivity index is 2.13. The fourth-order valence-electron chi connectivity index (χ4n) is 2.20. The number of anilines is 2. The summed E-state index contributed by atoms with van der Waals surface area (Å²) in [6.07, 6.45) is 3.02. The molecule has 3 rings (SSSR count). The number of aromatic nitrogens is 1. The van der Waals surface area contributed by atoms with E-state index in [1.807, 2.05) is 30.3 Å². The van der Waals surface area contributed by atoms with Gasteiger partial charge in [-0.3, -0.25) is 9.69 Å². The van der Waals surface area contributed by atoms with Crippen molar-refractivity contribution in [3.8, 4) is 0 Å². The van der Waals surface area contributed by atoms with Gasteiger partial charge in [-0.2, -0.15) is 0 Å². The summed E-state index contributed by atoms with van der Waals surface area (Å²) in [5.74, 6) is 0.786. The molecule has 0 saturated heterocycles. The number of benzene rings is 1. The molecular weight excluding hydrogens is 292 g/mol. The predicted octanol–water partition coefficient (Wildman–Crippen LogP) is 3.46. The Kier molecular flexibility index (Phi) is 2.88. The van der Waals surface area contributed by atoms with Gasteiger partial charge in [0.2, 0.25) is 5.91 Å². The maximum Gasteiger partial charge on any atom is 0.233 e. The van der Waals surface area contributed by atoms with E-state index in [9.17, 15) is 4.79 Å². The minimum absolute atomic E-state index is 0.100. The summed E-state index contributed by atoms with van der Waals surface area (Å²) in [6.45, 7) is 0. The van der Waals surface area contributed by atoms with Crippen molar-refractivity contribution < 1.29 is 4.79 Å². The van der Waals surface area contributed by atoms with E-state index in [-0.39, 0.29) is 5.91 Å². The van der Waals surface area contributed by atoms with E-state index in [1.165, 1.54) is 5.56 Å². The molecule has 90 valence electrons. The lowest BCUT2D eigenvalue weighted by atomic mass is 10.0. The number of fused-ring (bicyclic) bond motifs is 1. The van der Waals surface area contributed by atoms with Crippen LogP contribution in [0.1, 0.15) is 12.0 Å². The summed E-state index contributed by atoms with van der Waals surface area (Å²) in [6, 6.07) is 11.6. The molecule has 1 aromatic heterocycles. The van der Waals surface area contributed by atoms with Crippen LogP contribution in [0.5, 0.6) is 0 Å². The number of aryl methyl sites for hydroxylation is 1. The molecule has 2 aromatic rings. The highest BCUT2D eigenvalue weighted by Crippen LogP contribution is 2.34. The van der Waals surface area contributed by atoms with E-state index in [2.05, 4.69) is 27.0 Å². The van der Waals surface area contributed by atoms with Crippen LogP contribution in [0.3, 0.4) is 0 Å². The lowest BCUT2D eigenvalue weighted by molar-refractivity contribution is -0.118. The third-order valence-corrected chi connectivity index (χ3v) is 3.51. The molecule has 1 aliphatic heterocycles. The zero-order valence-electron chi connectivity index (χ0n) is 9.64. The van der Waals surface area contributed by atoms with Crippen LogP contribution in [0.2, 0.25) is 0 Å². The molecule has 0 spiro atoms. The topological polar surface area (TPSA) is 33.2 Å². The summed E-state index contributed by atoms with van der Waals surface area (Å²) in [7, 11) is 0. The maximum absolute atomic E-state index is 12.1. The van der Waals surface area contributed by atoms with E-state index in [0.29, 0.717) is 12.2 Å². The van der Waals surface area contributed by atoms with Gasteiger partial charge in [-0.25, -0.2) is 4.98 Å². The highest BCUT2D eigenvalue weighted by molar-refractivity contribution is 9.10. The first-order valence-corrected chi connectivity index (χ1v) is 6.57. The quantitative estimate of drug-likeness (QED) is 0.808. The Morgan fingerprint density at radius 3 is 2.83 bits per heavy atom. The summed E-state index contributed by atoms with van der Waals surface area (Å²) < 4.78 is 1.04. The average Bonchev–Trinajstić information content (AvgIpc) is 2.40. The van der Waals surface area contributed by atoms with Crippen molar-refractivity contribution in [2.75, 3.05) is 4.90 Å². The first-order valence-electron chi connectivity index (χ1n) is 5.78. The third kappa shape index (κ3) is 1.93. The lowest BCUT2D eigenvalue weighted by Crippen LogP contribution is -2.31. The van der Waals surface area contributed by atoms with Gasteiger partial charge in [-0.1, -0.05) is 22.0 Å². The molecule has 0 bridgehead atoms. The Bertz CT molecular complexity index is 598. The van der Waals surface area contributed by atoms with Crippen LogP contribution >= 0.6 is 15.9 Å². The second-order valence-electron chi connectivity index (χ2n) is 4.19. The number of amides is 1. The van der Waals surface area contributed by atoms with Gasteiger partial charge in [0.1, 0.15) is 5.82 Å². The number of halogens is 1. The van der Waals surface area contributed by atoms with Crippen molar-refractivity contribution in [1.29, 1.82) is 0 Å². The van der Waals surface area contributed by atoms with Crippen LogP contribution in [0.15, 0.2) is 47.1 Å². The van der Waals surface area contributed by atoms with E-state index in [0.717, 1.165) is 16.6 Å². The van der Waals surface area contributed by atoms with Crippen LogP contribution in [-0.2, 0) is 11.2 Å². The normalized spacial score (nSPS) is 14.5. The Labute approximate surface area is 114 Å². The van der Waals surface area contributed by atoms with Gasteiger partial charge in [0.15, 0.2) is 0 Å². The number of rotatable bonds is 1. The number of nitrogens with zero attached hydrogens (tertiary/aromatic N) is 2. The predicted molar refractivity (Wildman–Crippen MR) is 73.8 cm³/mol. The number of hydrogen-bond acceptors (Lipinski definition) is 2. The first kappa shape index (κ1) is 11.4. The maximum atomic E-state index is 12.1. The standard InChI is InChI=1S/C14H11BrN2O/c15-11-5-6-12-10(9-11)4-7-14(18)17(12)13-3-1-2-8-16-13/h1-3,5-6,8-9H,4,7H2. The molecule has 0 unspecified atom stereocenters. The monoisotopic (exact) mass is 302 g/mol. The molecule has 2 heterocycles. The molecule has 0 N–H and O–H groups in total. The second kappa shape index (κ2) is 4.53. The van der Waals surface area contributed by atoms with E-state index < -0.39 is 0 Å². The van der Waals surface area contributed by atoms with Gasteiger partial charge in [-0.05, 0) is 42.3 Å². The molecule has 0 fully saturated rings. The van der Waals surface area contributed by atoms with Crippen LogP contribution < -0.4 is 4.90 Å². The molecule has 0 radical (unpaired) electrons. The molecule has 4 heteroatoms. The molecule has 3 nitrogen and oxygen atoms in total. The Morgan fingerprint density at radius 2 is 2.06 bits per heavy atom. The van der Waals surface area contributed by atoms with Gasteiger partial charge in [0.25, 0.3) is 0 Å². The SMILES string of the molecule is O=C1CCc2cc(Br)ccc2N1c1ccccn1. The van der Waals surface area contributed by atoms with E-state index in [4.69, 9.17) is 0 Å². The first-order chi connectivity index (χ1) is 8.75. The number of carbonyl (C=O) groups is 1.